The zero-order valence-corrected chi connectivity index (χ0v) is 6.58. The summed E-state index contributed by atoms with van der Waals surface area (Å²) in [6.45, 7) is -1.03. The molecule has 0 aromatic carbocycles. The van der Waals surface area contributed by atoms with E-state index in [1.807, 2.05) is 0 Å². The molecule has 0 aliphatic rings. The van der Waals surface area contributed by atoms with Crippen molar-refractivity contribution in [1.82, 2.24) is 4.98 Å². The van der Waals surface area contributed by atoms with E-state index in [4.69, 9.17) is 4.74 Å². The third-order valence-corrected chi connectivity index (χ3v) is 1.39. The van der Waals surface area contributed by atoms with Crippen LogP contribution in [-0.4, -0.2) is 24.6 Å². The number of alkyl halides is 1. The molecule has 0 bridgehead atoms. The first kappa shape index (κ1) is 8.64. The third-order valence-electron chi connectivity index (χ3n) is 1.39. The second-order valence-corrected chi connectivity index (χ2v) is 2.12. The number of carbonyl (C=O) groups is 1. The number of pyridine rings is 1. The van der Waals surface area contributed by atoms with E-state index in [-0.39, 0.29) is 11.4 Å². The second kappa shape index (κ2) is 3.80. The predicted molar refractivity (Wildman–Crippen MR) is 41.1 cm³/mol. The zero-order valence-electron chi connectivity index (χ0n) is 6.58. The smallest absolute Gasteiger partial charge is 0.224 e. The van der Waals surface area contributed by atoms with Crippen LogP contribution in [0.3, 0.4) is 0 Å². The largest absolute Gasteiger partial charge is 0.480 e. The lowest BCUT2D eigenvalue weighted by Gasteiger charge is -2.02. The Kier molecular flexibility index (Phi) is 2.74. The Balaban J connectivity index is 3.04. The SMILES string of the molecule is COc1ncccc1C(=O)CF. The number of hydrogen-bond donors (Lipinski definition) is 0. The first-order chi connectivity index (χ1) is 5.79. The number of carbonyl (C=O) groups excluding carboxylic acids is 1. The number of Topliss-reactive ketones (excluding diaryl/α,β-unsaturated/α-hetero) is 1. The van der Waals surface area contributed by atoms with Gasteiger partial charge in [-0.1, -0.05) is 0 Å². The lowest BCUT2D eigenvalue weighted by atomic mass is 10.2. The van der Waals surface area contributed by atoms with Crippen LogP contribution >= 0.6 is 0 Å². The van der Waals surface area contributed by atoms with Crippen molar-refractivity contribution in [2.24, 2.45) is 0 Å². The molecule has 0 radical (unpaired) electrons. The maximum atomic E-state index is 12.0. The molecule has 1 heterocycles. The van der Waals surface area contributed by atoms with E-state index in [1.54, 1.807) is 6.07 Å². The number of nitrogens with zero attached hydrogens (tertiary/aromatic N) is 1. The van der Waals surface area contributed by atoms with Crippen molar-refractivity contribution in [3.05, 3.63) is 23.9 Å². The van der Waals surface area contributed by atoms with E-state index in [1.165, 1.54) is 19.4 Å². The topological polar surface area (TPSA) is 39.2 Å². The van der Waals surface area contributed by atoms with Crippen molar-refractivity contribution in [1.29, 1.82) is 0 Å². The van der Waals surface area contributed by atoms with E-state index in [0.717, 1.165) is 0 Å². The summed E-state index contributed by atoms with van der Waals surface area (Å²) in [6, 6.07) is 3.04. The van der Waals surface area contributed by atoms with E-state index in [0.29, 0.717) is 0 Å². The minimum atomic E-state index is -1.03. The zero-order chi connectivity index (χ0) is 8.97. The molecule has 0 saturated carbocycles. The number of rotatable bonds is 3. The average molecular weight is 169 g/mol. The summed E-state index contributed by atoms with van der Waals surface area (Å²) in [4.78, 5) is 14.7. The Bertz CT molecular complexity index is 288. The van der Waals surface area contributed by atoms with Crippen molar-refractivity contribution >= 4 is 5.78 Å². The highest BCUT2D eigenvalue weighted by Gasteiger charge is 2.11. The fourth-order valence-electron chi connectivity index (χ4n) is 0.838. The summed E-state index contributed by atoms with van der Waals surface area (Å²) >= 11 is 0. The van der Waals surface area contributed by atoms with Gasteiger partial charge in [0, 0.05) is 6.20 Å². The molecule has 12 heavy (non-hydrogen) atoms. The Hall–Kier alpha value is -1.45. The minimum absolute atomic E-state index is 0.167. The number of ketones is 1. The summed E-state index contributed by atoms with van der Waals surface area (Å²) in [5.41, 5.74) is 0.183. The molecule has 0 spiro atoms. The van der Waals surface area contributed by atoms with Gasteiger partial charge >= 0.3 is 0 Å². The third kappa shape index (κ3) is 1.58. The van der Waals surface area contributed by atoms with Crippen molar-refractivity contribution in [2.75, 3.05) is 13.8 Å². The quantitative estimate of drug-likeness (QED) is 0.639. The molecule has 4 heteroatoms. The highest BCUT2D eigenvalue weighted by molar-refractivity contribution is 5.98. The Morgan fingerprint density at radius 3 is 3.08 bits per heavy atom. The fraction of sp³-hybridized carbons (Fsp3) is 0.250. The molecular weight excluding hydrogens is 161 g/mol. The Morgan fingerprint density at radius 1 is 1.75 bits per heavy atom. The van der Waals surface area contributed by atoms with E-state index < -0.39 is 12.5 Å². The maximum absolute atomic E-state index is 12.0. The molecule has 0 amide bonds. The summed E-state index contributed by atoms with van der Waals surface area (Å²) in [5, 5.41) is 0. The molecule has 0 saturated heterocycles. The van der Waals surface area contributed by atoms with Crippen molar-refractivity contribution in [2.45, 2.75) is 0 Å². The summed E-state index contributed by atoms with van der Waals surface area (Å²) in [6.07, 6.45) is 1.48. The second-order valence-electron chi connectivity index (χ2n) is 2.12. The summed E-state index contributed by atoms with van der Waals surface area (Å²) < 4.78 is 16.7. The number of hydrogen-bond acceptors (Lipinski definition) is 3. The molecule has 64 valence electrons. The van der Waals surface area contributed by atoms with Crippen molar-refractivity contribution in [3.63, 3.8) is 0 Å². The predicted octanol–water partition coefficient (Wildman–Crippen LogP) is 1.24. The fourth-order valence-corrected chi connectivity index (χ4v) is 0.838. The normalized spacial score (nSPS) is 9.50. The molecule has 0 aliphatic heterocycles. The standard InChI is InChI=1S/C8H8FNO2/c1-12-8-6(7(11)5-9)3-2-4-10-8/h2-4H,5H2,1H3. The van der Waals surface area contributed by atoms with Gasteiger partial charge in [0.1, 0.15) is 0 Å². The molecule has 0 N–H and O–H groups in total. The van der Waals surface area contributed by atoms with Crippen LogP contribution in [0.2, 0.25) is 0 Å². The van der Waals surface area contributed by atoms with Gasteiger partial charge in [-0.15, -0.1) is 0 Å². The molecule has 3 nitrogen and oxygen atoms in total. The van der Waals surface area contributed by atoms with Gasteiger partial charge in [0.25, 0.3) is 0 Å². The number of ether oxygens (including phenoxy) is 1. The van der Waals surface area contributed by atoms with Crippen LogP contribution in [0.4, 0.5) is 4.39 Å². The van der Waals surface area contributed by atoms with E-state index in [2.05, 4.69) is 4.98 Å². The summed E-state index contributed by atoms with van der Waals surface area (Å²) in [5.74, 6) is -0.444. The number of halogens is 1. The van der Waals surface area contributed by atoms with Gasteiger partial charge in [0.05, 0.1) is 12.7 Å². The van der Waals surface area contributed by atoms with Crippen LogP contribution in [0.1, 0.15) is 10.4 Å². The van der Waals surface area contributed by atoms with Gasteiger partial charge in [-0.2, -0.15) is 0 Å². The van der Waals surface area contributed by atoms with E-state index in [9.17, 15) is 9.18 Å². The molecule has 1 aromatic rings. The van der Waals surface area contributed by atoms with Gasteiger partial charge in [-0.25, -0.2) is 9.37 Å². The van der Waals surface area contributed by atoms with Gasteiger partial charge in [-0.3, -0.25) is 4.79 Å². The highest BCUT2D eigenvalue weighted by atomic mass is 19.1. The van der Waals surface area contributed by atoms with E-state index >= 15 is 0 Å². The molecular formula is C8H8FNO2. The van der Waals surface area contributed by atoms with Gasteiger partial charge < -0.3 is 4.74 Å². The Labute approximate surface area is 69.2 Å². The molecule has 1 aromatic heterocycles. The van der Waals surface area contributed by atoms with Gasteiger partial charge in [0.15, 0.2) is 12.5 Å². The average Bonchev–Trinajstić information content (AvgIpc) is 2.16. The van der Waals surface area contributed by atoms with Crippen LogP contribution in [0, 0.1) is 0 Å². The number of aromatic nitrogens is 1. The highest BCUT2D eigenvalue weighted by Crippen LogP contribution is 2.13. The van der Waals surface area contributed by atoms with Crippen LogP contribution in [0.5, 0.6) is 5.88 Å². The molecule has 1 rings (SSSR count). The lowest BCUT2D eigenvalue weighted by molar-refractivity contribution is 0.0955. The lowest BCUT2D eigenvalue weighted by Crippen LogP contribution is -2.04. The number of methoxy groups -OCH3 is 1. The van der Waals surface area contributed by atoms with Gasteiger partial charge in [0.2, 0.25) is 5.88 Å². The van der Waals surface area contributed by atoms with Crippen molar-refractivity contribution < 1.29 is 13.9 Å². The molecule has 0 atom stereocenters. The minimum Gasteiger partial charge on any atom is -0.480 e. The van der Waals surface area contributed by atoms with Crippen LogP contribution in [0.25, 0.3) is 0 Å². The van der Waals surface area contributed by atoms with Gasteiger partial charge in [-0.05, 0) is 12.1 Å². The molecule has 0 aliphatic carbocycles. The molecule has 0 fully saturated rings. The monoisotopic (exact) mass is 169 g/mol. The first-order valence-electron chi connectivity index (χ1n) is 3.37. The first-order valence-corrected chi connectivity index (χ1v) is 3.37. The Morgan fingerprint density at radius 2 is 2.50 bits per heavy atom. The van der Waals surface area contributed by atoms with Crippen LogP contribution < -0.4 is 4.74 Å². The molecule has 0 unspecified atom stereocenters. The van der Waals surface area contributed by atoms with Crippen molar-refractivity contribution in [3.8, 4) is 5.88 Å². The summed E-state index contributed by atoms with van der Waals surface area (Å²) in [7, 11) is 1.39. The van der Waals surface area contributed by atoms with Crippen LogP contribution in [-0.2, 0) is 0 Å². The maximum Gasteiger partial charge on any atom is 0.224 e. The van der Waals surface area contributed by atoms with Crippen LogP contribution in [0.15, 0.2) is 18.3 Å².